The average Bonchev–Trinajstić information content (AvgIpc) is 2.31. The van der Waals surface area contributed by atoms with Crippen molar-refractivity contribution in [2.24, 2.45) is 0 Å². The minimum absolute atomic E-state index is 0.403. The van der Waals surface area contributed by atoms with Crippen LogP contribution >= 0.6 is 0 Å². The quantitative estimate of drug-likeness (QED) is 0.733. The fourth-order valence-corrected chi connectivity index (χ4v) is 1.75. The van der Waals surface area contributed by atoms with Crippen molar-refractivity contribution in [3.63, 3.8) is 0 Å². The zero-order chi connectivity index (χ0) is 15.1. The normalized spacial score (nSPS) is 26.8. The summed E-state index contributed by atoms with van der Waals surface area (Å²) in [6.45, 7) is 1.50. The highest BCUT2D eigenvalue weighted by Gasteiger charge is 2.36. The molecular weight excluding hydrogens is 281 g/mol. The maximum Gasteiger partial charge on any atom is 0.423 e. The molecule has 1 aromatic rings. The van der Waals surface area contributed by atoms with E-state index in [4.69, 9.17) is 4.74 Å². The Morgan fingerprint density at radius 3 is 2.55 bits per heavy atom. The molecule has 9 heteroatoms. The van der Waals surface area contributed by atoms with Crippen molar-refractivity contribution < 1.29 is 23.0 Å². The summed E-state index contributed by atoms with van der Waals surface area (Å²) in [6.07, 6.45) is -4.66. The summed E-state index contributed by atoms with van der Waals surface area (Å²) in [6, 6.07) is 0. The molecule has 0 aromatic carbocycles. The Hall–Kier alpha value is -1.87. The molecule has 6 nitrogen and oxygen atoms in total. The van der Waals surface area contributed by atoms with Gasteiger partial charge in [-0.15, -0.1) is 0 Å². The second-order valence-electron chi connectivity index (χ2n) is 4.31. The molecule has 2 heterocycles. The number of alkyl halides is 3. The summed E-state index contributed by atoms with van der Waals surface area (Å²) in [4.78, 5) is 24.3. The van der Waals surface area contributed by atoms with Crippen molar-refractivity contribution in [1.29, 1.82) is 0 Å². The summed E-state index contributed by atoms with van der Waals surface area (Å²) in [5, 5.41) is 9.40. The van der Waals surface area contributed by atoms with Gasteiger partial charge < -0.3 is 9.84 Å². The van der Waals surface area contributed by atoms with Crippen molar-refractivity contribution in [3.05, 3.63) is 44.8 Å². The van der Waals surface area contributed by atoms with E-state index >= 15 is 0 Å². The van der Waals surface area contributed by atoms with Gasteiger partial charge in [-0.05, 0) is 13.0 Å². The van der Waals surface area contributed by atoms with Gasteiger partial charge in [-0.3, -0.25) is 14.3 Å². The number of ether oxygens (including phenoxy) is 1. The van der Waals surface area contributed by atoms with Gasteiger partial charge in [0, 0.05) is 6.20 Å². The third kappa shape index (κ3) is 2.68. The van der Waals surface area contributed by atoms with Gasteiger partial charge in [-0.1, -0.05) is 6.08 Å². The predicted molar refractivity (Wildman–Crippen MR) is 61.1 cm³/mol. The molecular formula is C11H11F3N2O4. The van der Waals surface area contributed by atoms with Crippen LogP contribution in [0.3, 0.4) is 0 Å². The number of nitrogens with zero attached hydrogens (tertiary/aromatic N) is 1. The number of H-pyrrole nitrogens is 1. The van der Waals surface area contributed by atoms with Crippen LogP contribution in [0.15, 0.2) is 27.9 Å². The van der Waals surface area contributed by atoms with Crippen molar-refractivity contribution in [1.82, 2.24) is 9.55 Å². The Labute approximate surface area is 110 Å². The monoisotopic (exact) mass is 292 g/mol. The number of rotatable bonds is 1. The molecule has 0 unspecified atom stereocenters. The fourth-order valence-electron chi connectivity index (χ4n) is 1.75. The number of aliphatic hydroxyl groups excluding tert-OH is 1. The maximum absolute atomic E-state index is 12.6. The number of aliphatic hydroxyl groups is 1. The molecule has 0 bridgehead atoms. The Balaban J connectivity index is 2.51. The van der Waals surface area contributed by atoms with Gasteiger partial charge in [0.15, 0.2) is 6.23 Å². The van der Waals surface area contributed by atoms with E-state index in [1.54, 1.807) is 4.98 Å². The highest BCUT2D eigenvalue weighted by atomic mass is 19.4. The van der Waals surface area contributed by atoms with Crippen molar-refractivity contribution in [2.75, 3.05) is 0 Å². The number of nitrogens with one attached hydrogen (secondary N) is 1. The van der Waals surface area contributed by atoms with E-state index in [-0.39, 0.29) is 0 Å². The first kappa shape index (κ1) is 14.5. The third-order valence-corrected chi connectivity index (χ3v) is 2.86. The van der Waals surface area contributed by atoms with Crippen molar-refractivity contribution in [3.8, 4) is 0 Å². The highest BCUT2D eigenvalue weighted by Crippen LogP contribution is 2.27. The predicted octanol–water partition coefficient (Wildman–Crippen LogP) is 0.390. The Morgan fingerprint density at radius 1 is 1.35 bits per heavy atom. The van der Waals surface area contributed by atoms with Gasteiger partial charge in [0.05, 0.1) is 12.2 Å². The fraction of sp³-hybridized carbons (Fsp3) is 0.455. The molecule has 0 fully saturated rings. The van der Waals surface area contributed by atoms with E-state index in [9.17, 15) is 27.9 Å². The molecule has 0 saturated carbocycles. The molecule has 0 amide bonds. The van der Waals surface area contributed by atoms with Crippen LogP contribution in [0, 0.1) is 0 Å². The van der Waals surface area contributed by atoms with Crippen LogP contribution in [0.25, 0.3) is 0 Å². The minimum atomic E-state index is -4.88. The third-order valence-electron chi connectivity index (χ3n) is 2.86. The van der Waals surface area contributed by atoms with E-state index in [1.807, 2.05) is 0 Å². The highest BCUT2D eigenvalue weighted by molar-refractivity contribution is 5.11. The lowest BCUT2D eigenvalue weighted by atomic mass is 10.1. The zero-order valence-electron chi connectivity index (χ0n) is 10.2. The average molecular weight is 292 g/mol. The van der Waals surface area contributed by atoms with Crippen LogP contribution in [0.2, 0.25) is 0 Å². The van der Waals surface area contributed by atoms with Gasteiger partial charge in [-0.25, -0.2) is 4.79 Å². The summed E-state index contributed by atoms with van der Waals surface area (Å²) in [7, 11) is 0. The number of aromatic nitrogens is 2. The van der Waals surface area contributed by atoms with Crippen LogP contribution < -0.4 is 11.2 Å². The summed E-state index contributed by atoms with van der Waals surface area (Å²) < 4.78 is 43.7. The number of hydrogen-bond acceptors (Lipinski definition) is 4. The molecule has 20 heavy (non-hydrogen) atoms. The van der Waals surface area contributed by atoms with Gasteiger partial charge >= 0.3 is 11.9 Å². The lowest BCUT2D eigenvalue weighted by Gasteiger charge is -2.28. The molecule has 110 valence electrons. The molecule has 0 radical (unpaired) electrons. The summed E-state index contributed by atoms with van der Waals surface area (Å²) in [5.74, 6) is 0. The van der Waals surface area contributed by atoms with Crippen molar-refractivity contribution >= 4 is 0 Å². The molecule has 2 N–H and O–H groups in total. The SMILES string of the molecule is C[C@@H]1O[C@@H](n2cc(C(F)(F)F)c(=O)[nH]c2=O)C=C[C@H]1O. The van der Waals surface area contributed by atoms with Gasteiger partial charge in [0.1, 0.15) is 5.56 Å². The number of halogens is 3. The number of aromatic amines is 1. The lowest BCUT2D eigenvalue weighted by Crippen LogP contribution is -2.40. The molecule has 3 atom stereocenters. The van der Waals surface area contributed by atoms with E-state index < -0.39 is 41.4 Å². The molecule has 1 aromatic heterocycles. The standard InChI is InChI=1S/C11H11F3N2O4/c1-5-7(17)2-3-8(20-5)16-4-6(11(12,13)14)9(18)15-10(16)19/h2-5,7-8,17H,1H3,(H,15,18,19)/t5-,7+,8+/m0/s1. The molecule has 0 saturated heterocycles. The van der Waals surface area contributed by atoms with Gasteiger partial charge in [0.25, 0.3) is 5.56 Å². The van der Waals surface area contributed by atoms with E-state index in [2.05, 4.69) is 0 Å². The lowest BCUT2D eigenvalue weighted by molar-refractivity contribution is -0.140. The molecule has 2 rings (SSSR count). The Kier molecular flexibility index (Phi) is 3.57. The second kappa shape index (κ2) is 4.91. The second-order valence-corrected chi connectivity index (χ2v) is 4.31. The summed E-state index contributed by atoms with van der Waals surface area (Å²) in [5.41, 5.74) is -4.03. The van der Waals surface area contributed by atoms with Crippen molar-refractivity contribution in [2.45, 2.75) is 31.5 Å². The first-order chi connectivity index (χ1) is 9.20. The Morgan fingerprint density at radius 2 is 2.00 bits per heavy atom. The van der Waals surface area contributed by atoms with Crippen LogP contribution in [0.1, 0.15) is 18.7 Å². The van der Waals surface area contributed by atoms with Crippen LogP contribution in [0.4, 0.5) is 13.2 Å². The maximum atomic E-state index is 12.6. The zero-order valence-corrected chi connectivity index (χ0v) is 10.2. The topological polar surface area (TPSA) is 84.3 Å². The molecule has 0 spiro atoms. The first-order valence-corrected chi connectivity index (χ1v) is 5.64. The van der Waals surface area contributed by atoms with E-state index in [0.717, 1.165) is 0 Å². The molecule has 0 aliphatic carbocycles. The summed E-state index contributed by atoms with van der Waals surface area (Å²) >= 11 is 0. The molecule has 1 aliphatic heterocycles. The van der Waals surface area contributed by atoms with Gasteiger partial charge in [-0.2, -0.15) is 13.2 Å². The molecule has 1 aliphatic rings. The van der Waals surface area contributed by atoms with E-state index in [0.29, 0.717) is 10.8 Å². The van der Waals surface area contributed by atoms with E-state index in [1.165, 1.54) is 19.1 Å². The van der Waals surface area contributed by atoms with Crippen LogP contribution in [-0.2, 0) is 10.9 Å². The largest absolute Gasteiger partial charge is 0.423 e. The van der Waals surface area contributed by atoms with Crippen LogP contribution in [0.5, 0.6) is 0 Å². The Bertz CT molecular complexity index is 646. The first-order valence-electron chi connectivity index (χ1n) is 5.64. The smallest absolute Gasteiger partial charge is 0.386 e. The minimum Gasteiger partial charge on any atom is -0.386 e. The van der Waals surface area contributed by atoms with Crippen LogP contribution in [-0.4, -0.2) is 26.9 Å². The van der Waals surface area contributed by atoms with Gasteiger partial charge in [0.2, 0.25) is 0 Å². The number of hydrogen-bond donors (Lipinski definition) is 2.